The summed E-state index contributed by atoms with van der Waals surface area (Å²) < 4.78 is 13.1. The molecule has 2 aliphatic heterocycles. The van der Waals surface area contributed by atoms with Crippen LogP contribution in [-0.4, -0.2) is 26.9 Å². The smallest absolute Gasteiger partial charge is 0.224 e. The first-order valence-corrected chi connectivity index (χ1v) is 16.2. The molecular weight excluding hydrogens is 482 g/mol. The standard InChI is InChI=1S/C27H36ClNO3SSi/c1-18-17-27(12-13-31-18,32-34(5,6)26(2,3)4)20-8-7-9-21(15-20)33-22-14-19-10-11-24(30)29-25(19)23(28)16-22/h7-9,14-16,18H,10-13,17H2,1-6H3,(H,29,30). The first-order valence-electron chi connectivity index (χ1n) is 12.1. The molecule has 0 saturated carbocycles. The zero-order valence-corrected chi connectivity index (χ0v) is 23.7. The number of carbonyl (C=O) groups is 1. The molecule has 0 bridgehead atoms. The summed E-state index contributed by atoms with van der Waals surface area (Å²) in [6.07, 6.45) is 3.10. The van der Waals surface area contributed by atoms with Crippen LogP contribution in [-0.2, 0) is 26.0 Å². The number of nitrogens with one attached hydrogen (secondary N) is 1. The van der Waals surface area contributed by atoms with E-state index in [0.29, 0.717) is 18.1 Å². The minimum atomic E-state index is -2.01. The largest absolute Gasteiger partial charge is 0.407 e. The number of benzene rings is 2. The second kappa shape index (κ2) is 9.62. The predicted octanol–water partition coefficient (Wildman–Crippen LogP) is 7.79. The normalized spacial score (nSPS) is 23.4. The molecule has 2 heterocycles. The van der Waals surface area contributed by atoms with Crippen LogP contribution < -0.4 is 5.32 Å². The van der Waals surface area contributed by atoms with E-state index >= 15 is 0 Å². The molecule has 34 heavy (non-hydrogen) atoms. The fourth-order valence-corrected chi connectivity index (χ4v) is 7.49. The molecule has 0 aliphatic carbocycles. The third-order valence-electron chi connectivity index (χ3n) is 7.41. The van der Waals surface area contributed by atoms with Crippen LogP contribution in [0.5, 0.6) is 0 Å². The van der Waals surface area contributed by atoms with Gasteiger partial charge in [-0.1, -0.05) is 56.3 Å². The van der Waals surface area contributed by atoms with Crippen molar-refractivity contribution in [3.05, 3.63) is 52.5 Å². The third kappa shape index (κ3) is 5.41. The number of hydrogen-bond donors (Lipinski definition) is 1. The van der Waals surface area contributed by atoms with E-state index in [1.807, 2.05) is 6.07 Å². The topological polar surface area (TPSA) is 47.6 Å². The monoisotopic (exact) mass is 517 g/mol. The SMILES string of the molecule is CC1CC(O[Si](C)(C)C(C)(C)C)(c2cccc(Sc3cc(Cl)c4c(c3)CCC(=O)N4)c2)CCO1. The van der Waals surface area contributed by atoms with E-state index in [1.165, 1.54) is 5.56 Å². The molecule has 2 unspecified atom stereocenters. The van der Waals surface area contributed by atoms with Crippen molar-refractivity contribution in [2.75, 3.05) is 11.9 Å². The van der Waals surface area contributed by atoms with Gasteiger partial charge in [0.15, 0.2) is 8.32 Å². The van der Waals surface area contributed by atoms with Crippen LogP contribution in [0.3, 0.4) is 0 Å². The lowest BCUT2D eigenvalue weighted by Crippen LogP contribution is -2.51. The second-order valence-corrected chi connectivity index (χ2v) is 17.4. The molecule has 2 aromatic rings. The van der Waals surface area contributed by atoms with Gasteiger partial charge >= 0.3 is 0 Å². The summed E-state index contributed by atoms with van der Waals surface area (Å²) >= 11 is 8.23. The molecular formula is C27H36ClNO3SSi. The highest BCUT2D eigenvalue weighted by molar-refractivity contribution is 7.99. The van der Waals surface area contributed by atoms with Crippen LogP contribution in [0.15, 0.2) is 46.2 Å². The number of halogens is 1. The van der Waals surface area contributed by atoms with Gasteiger partial charge in [-0.25, -0.2) is 0 Å². The van der Waals surface area contributed by atoms with Crippen LogP contribution in [0.4, 0.5) is 5.69 Å². The van der Waals surface area contributed by atoms with Crippen molar-refractivity contribution in [3.63, 3.8) is 0 Å². The van der Waals surface area contributed by atoms with E-state index < -0.39 is 8.32 Å². The number of anilines is 1. The Kier molecular flexibility index (Phi) is 7.29. The van der Waals surface area contributed by atoms with Gasteiger partial charge in [-0.15, -0.1) is 0 Å². The van der Waals surface area contributed by atoms with Crippen molar-refractivity contribution in [2.45, 2.75) is 93.0 Å². The molecule has 1 saturated heterocycles. The maximum Gasteiger partial charge on any atom is 0.224 e. The number of hydrogen-bond acceptors (Lipinski definition) is 4. The van der Waals surface area contributed by atoms with Crippen LogP contribution in [0.1, 0.15) is 58.1 Å². The predicted molar refractivity (Wildman–Crippen MR) is 144 cm³/mol. The van der Waals surface area contributed by atoms with Crippen LogP contribution in [0, 0.1) is 0 Å². The molecule has 2 aliphatic rings. The van der Waals surface area contributed by atoms with Crippen molar-refractivity contribution >= 4 is 43.3 Å². The van der Waals surface area contributed by atoms with Gasteiger partial charge in [0.25, 0.3) is 0 Å². The summed E-state index contributed by atoms with van der Waals surface area (Å²) in [4.78, 5) is 14.0. The molecule has 1 amide bonds. The average Bonchev–Trinajstić information content (AvgIpc) is 2.73. The highest BCUT2D eigenvalue weighted by Crippen LogP contribution is 2.47. The minimum Gasteiger partial charge on any atom is -0.407 e. The van der Waals surface area contributed by atoms with Crippen molar-refractivity contribution in [3.8, 4) is 0 Å². The van der Waals surface area contributed by atoms with Gasteiger partial charge in [0.1, 0.15) is 0 Å². The van der Waals surface area contributed by atoms with E-state index in [2.05, 4.69) is 76.4 Å². The highest BCUT2D eigenvalue weighted by atomic mass is 35.5. The second-order valence-electron chi connectivity index (χ2n) is 11.1. The Morgan fingerprint density at radius 3 is 2.65 bits per heavy atom. The number of carbonyl (C=O) groups excluding carboxylic acids is 1. The van der Waals surface area contributed by atoms with Gasteiger partial charge in [-0.05, 0) is 66.9 Å². The van der Waals surface area contributed by atoms with Gasteiger partial charge in [-0.3, -0.25) is 4.79 Å². The minimum absolute atomic E-state index is 0.0280. The van der Waals surface area contributed by atoms with Gasteiger partial charge < -0.3 is 14.5 Å². The van der Waals surface area contributed by atoms with Crippen LogP contribution >= 0.6 is 23.4 Å². The zero-order chi connectivity index (χ0) is 24.7. The number of aryl methyl sites for hydroxylation is 1. The van der Waals surface area contributed by atoms with Crippen molar-refractivity contribution < 1.29 is 14.0 Å². The van der Waals surface area contributed by atoms with E-state index in [4.69, 9.17) is 20.8 Å². The Morgan fingerprint density at radius 2 is 1.94 bits per heavy atom. The first kappa shape index (κ1) is 25.8. The quantitative estimate of drug-likeness (QED) is 0.411. The molecule has 4 nitrogen and oxygen atoms in total. The molecule has 1 N–H and O–H groups in total. The van der Waals surface area contributed by atoms with E-state index in [0.717, 1.165) is 40.3 Å². The van der Waals surface area contributed by atoms with E-state index in [1.54, 1.807) is 11.8 Å². The summed E-state index contributed by atoms with van der Waals surface area (Å²) in [6, 6.07) is 12.9. The van der Waals surface area contributed by atoms with Gasteiger partial charge in [-0.2, -0.15) is 0 Å². The molecule has 0 spiro atoms. The van der Waals surface area contributed by atoms with Crippen LogP contribution in [0.2, 0.25) is 23.2 Å². The maximum absolute atomic E-state index is 11.8. The number of ether oxygens (including phenoxy) is 1. The van der Waals surface area contributed by atoms with Crippen molar-refractivity contribution in [1.29, 1.82) is 0 Å². The van der Waals surface area contributed by atoms with Gasteiger partial charge in [0, 0.05) is 35.7 Å². The number of fused-ring (bicyclic) bond motifs is 1. The Morgan fingerprint density at radius 1 is 1.18 bits per heavy atom. The van der Waals surface area contributed by atoms with Crippen molar-refractivity contribution in [1.82, 2.24) is 0 Å². The molecule has 2 atom stereocenters. The number of rotatable bonds is 5. The Bertz CT molecular complexity index is 1080. The summed E-state index contributed by atoms with van der Waals surface area (Å²) in [5.41, 5.74) is 2.75. The van der Waals surface area contributed by atoms with Gasteiger partial charge in [0.2, 0.25) is 5.91 Å². The average molecular weight is 518 g/mol. The molecule has 1 fully saturated rings. The molecule has 7 heteroatoms. The molecule has 184 valence electrons. The summed E-state index contributed by atoms with van der Waals surface area (Å²) in [6.45, 7) is 14.4. The summed E-state index contributed by atoms with van der Waals surface area (Å²) in [5.74, 6) is 0.0280. The Hall–Kier alpha value is -1.31. The fourth-order valence-electron chi connectivity index (χ4n) is 4.57. The molecule has 0 aromatic heterocycles. The van der Waals surface area contributed by atoms with E-state index in [9.17, 15) is 4.79 Å². The fraction of sp³-hybridized carbons (Fsp3) is 0.519. The maximum atomic E-state index is 11.8. The first-order chi connectivity index (χ1) is 15.9. The Labute approximate surface area is 214 Å². The lowest BCUT2D eigenvalue weighted by molar-refractivity contribution is -0.116. The van der Waals surface area contributed by atoms with Crippen LogP contribution in [0.25, 0.3) is 0 Å². The zero-order valence-electron chi connectivity index (χ0n) is 21.1. The summed E-state index contributed by atoms with van der Waals surface area (Å²) in [7, 11) is -2.01. The number of amides is 1. The van der Waals surface area contributed by atoms with Gasteiger partial charge in [0.05, 0.1) is 22.4 Å². The van der Waals surface area contributed by atoms with E-state index in [-0.39, 0.29) is 22.7 Å². The lowest BCUT2D eigenvalue weighted by atomic mass is 9.84. The Balaban J connectivity index is 1.66. The molecule has 0 radical (unpaired) electrons. The third-order valence-corrected chi connectivity index (χ3v) is 13.2. The highest BCUT2D eigenvalue weighted by Gasteiger charge is 2.47. The summed E-state index contributed by atoms with van der Waals surface area (Å²) in [5, 5.41) is 3.64. The lowest BCUT2D eigenvalue weighted by Gasteiger charge is -2.49. The van der Waals surface area contributed by atoms with Crippen molar-refractivity contribution in [2.24, 2.45) is 0 Å². The molecule has 4 rings (SSSR count). The molecule has 2 aromatic carbocycles.